The molecule has 0 aromatic heterocycles. The molecule has 0 bridgehead atoms. The summed E-state index contributed by atoms with van der Waals surface area (Å²) in [6.07, 6.45) is 5.38. The molecule has 15 heavy (non-hydrogen) atoms. The minimum Gasteiger partial charge on any atom is -0.0620 e. The summed E-state index contributed by atoms with van der Waals surface area (Å²) in [4.78, 5) is 0. The van der Waals surface area contributed by atoms with Crippen molar-refractivity contribution in [3.05, 3.63) is 35.4 Å². The molecule has 0 fully saturated rings. The van der Waals surface area contributed by atoms with Gasteiger partial charge in [0.05, 0.1) is 0 Å². The van der Waals surface area contributed by atoms with Gasteiger partial charge in [0, 0.05) is 0 Å². The number of hydrogen-bond acceptors (Lipinski definition) is 0. The van der Waals surface area contributed by atoms with Gasteiger partial charge >= 0.3 is 0 Å². The molecule has 0 saturated carbocycles. The van der Waals surface area contributed by atoms with Gasteiger partial charge in [-0.2, -0.15) is 0 Å². The lowest BCUT2D eigenvalue weighted by molar-refractivity contribution is 0.469. The SMILES string of the molecule is CC(C)(C)C.c1ccc2c(c1)CCCC2. The highest BCUT2D eigenvalue weighted by Crippen LogP contribution is 2.19. The van der Waals surface area contributed by atoms with E-state index in [1.54, 1.807) is 11.1 Å². The Labute approximate surface area is 94.7 Å². The molecule has 1 aromatic rings. The van der Waals surface area contributed by atoms with Crippen LogP contribution in [0.5, 0.6) is 0 Å². The van der Waals surface area contributed by atoms with Crippen molar-refractivity contribution >= 4 is 0 Å². The molecule has 0 radical (unpaired) electrons. The zero-order valence-corrected chi connectivity index (χ0v) is 10.6. The fourth-order valence-electron chi connectivity index (χ4n) is 1.68. The molecule has 0 spiro atoms. The van der Waals surface area contributed by atoms with Crippen molar-refractivity contribution < 1.29 is 0 Å². The molecule has 0 N–H and O–H groups in total. The number of benzene rings is 1. The highest BCUT2D eigenvalue weighted by molar-refractivity contribution is 5.28. The smallest absolute Gasteiger partial charge is 0.0276 e. The molecule has 0 nitrogen and oxygen atoms in total. The Hall–Kier alpha value is -0.780. The van der Waals surface area contributed by atoms with Crippen LogP contribution >= 0.6 is 0 Å². The van der Waals surface area contributed by atoms with E-state index in [1.165, 1.54) is 25.7 Å². The van der Waals surface area contributed by atoms with E-state index in [1.807, 2.05) is 0 Å². The molecular formula is C15H24. The number of fused-ring (bicyclic) bond motifs is 1. The normalized spacial score (nSPS) is 14.9. The minimum atomic E-state index is 0.500. The average molecular weight is 204 g/mol. The quantitative estimate of drug-likeness (QED) is 0.578. The summed E-state index contributed by atoms with van der Waals surface area (Å²) in [5.74, 6) is 0. The van der Waals surface area contributed by atoms with Crippen molar-refractivity contribution in [2.75, 3.05) is 0 Å². The molecule has 0 heteroatoms. The lowest BCUT2D eigenvalue weighted by atomic mass is 9.92. The first-order chi connectivity index (χ1) is 6.97. The Balaban J connectivity index is 0.000000195. The van der Waals surface area contributed by atoms with E-state index in [9.17, 15) is 0 Å². The van der Waals surface area contributed by atoms with Crippen molar-refractivity contribution in [2.24, 2.45) is 5.41 Å². The van der Waals surface area contributed by atoms with Gasteiger partial charge in [0.25, 0.3) is 0 Å². The van der Waals surface area contributed by atoms with Crippen LogP contribution in [0.1, 0.15) is 51.7 Å². The van der Waals surface area contributed by atoms with Crippen molar-refractivity contribution in [2.45, 2.75) is 53.4 Å². The maximum Gasteiger partial charge on any atom is -0.0276 e. The van der Waals surface area contributed by atoms with E-state index in [0.717, 1.165) is 0 Å². The molecule has 1 aliphatic carbocycles. The van der Waals surface area contributed by atoms with Crippen LogP contribution in [0.25, 0.3) is 0 Å². The molecule has 0 aliphatic heterocycles. The Morgan fingerprint density at radius 3 is 1.47 bits per heavy atom. The highest BCUT2D eigenvalue weighted by atomic mass is 14.1. The van der Waals surface area contributed by atoms with Gasteiger partial charge in [0.15, 0.2) is 0 Å². The predicted octanol–water partition coefficient (Wildman–Crippen LogP) is 4.62. The molecular weight excluding hydrogens is 180 g/mol. The third kappa shape index (κ3) is 5.61. The lowest BCUT2D eigenvalue weighted by Crippen LogP contribution is -2.00. The maximum atomic E-state index is 2.26. The minimum absolute atomic E-state index is 0.500. The van der Waals surface area contributed by atoms with Crippen molar-refractivity contribution in [3.8, 4) is 0 Å². The summed E-state index contributed by atoms with van der Waals surface area (Å²) in [6.45, 7) is 8.75. The van der Waals surface area contributed by atoms with E-state index >= 15 is 0 Å². The number of aryl methyl sites for hydroxylation is 2. The van der Waals surface area contributed by atoms with Crippen LogP contribution < -0.4 is 0 Å². The van der Waals surface area contributed by atoms with E-state index in [4.69, 9.17) is 0 Å². The van der Waals surface area contributed by atoms with Gasteiger partial charge in [-0.25, -0.2) is 0 Å². The Bertz CT molecular complexity index is 260. The second kappa shape index (κ2) is 5.34. The zero-order valence-electron chi connectivity index (χ0n) is 10.6. The topological polar surface area (TPSA) is 0 Å². The summed E-state index contributed by atoms with van der Waals surface area (Å²) < 4.78 is 0. The summed E-state index contributed by atoms with van der Waals surface area (Å²) in [7, 11) is 0. The van der Waals surface area contributed by atoms with Gasteiger partial charge in [0.2, 0.25) is 0 Å². The van der Waals surface area contributed by atoms with Gasteiger partial charge in [0.1, 0.15) is 0 Å². The standard InChI is InChI=1S/C10H12.C5H12/c1-2-6-10-8-4-3-7-9(10)5-1;1-5(2,3)4/h1-2,5-6H,3-4,7-8H2;1-4H3. The van der Waals surface area contributed by atoms with Gasteiger partial charge in [-0.05, 0) is 42.2 Å². The Morgan fingerprint density at radius 1 is 0.800 bits per heavy atom. The predicted molar refractivity (Wildman–Crippen MR) is 68.2 cm³/mol. The van der Waals surface area contributed by atoms with Crippen molar-refractivity contribution in [1.29, 1.82) is 0 Å². The molecule has 1 aromatic carbocycles. The van der Waals surface area contributed by atoms with E-state index in [0.29, 0.717) is 5.41 Å². The first kappa shape index (κ1) is 12.3. The van der Waals surface area contributed by atoms with Crippen LogP contribution in [0, 0.1) is 5.41 Å². The van der Waals surface area contributed by atoms with Crippen LogP contribution in [0.4, 0.5) is 0 Å². The lowest BCUT2D eigenvalue weighted by Gasteiger charge is -2.13. The average Bonchev–Trinajstić information content (AvgIpc) is 2.16. The molecule has 0 amide bonds. The highest BCUT2D eigenvalue weighted by Gasteiger charge is 2.05. The molecule has 84 valence electrons. The third-order valence-electron chi connectivity index (χ3n) is 2.26. The molecule has 0 unspecified atom stereocenters. The Kier molecular flexibility index (Phi) is 4.38. The van der Waals surface area contributed by atoms with E-state index < -0.39 is 0 Å². The molecule has 0 saturated heterocycles. The monoisotopic (exact) mass is 204 g/mol. The van der Waals surface area contributed by atoms with Gasteiger partial charge < -0.3 is 0 Å². The Morgan fingerprint density at radius 2 is 1.13 bits per heavy atom. The first-order valence-corrected chi connectivity index (χ1v) is 6.03. The second-order valence-corrected chi connectivity index (χ2v) is 5.98. The first-order valence-electron chi connectivity index (χ1n) is 6.03. The maximum absolute atomic E-state index is 2.26. The number of rotatable bonds is 0. The zero-order chi connectivity index (χ0) is 11.3. The molecule has 2 rings (SSSR count). The van der Waals surface area contributed by atoms with Crippen molar-refractivity contribution in [3.63, 3.8) is 0 Å². The van der Waals surface area contributed by atoms with Crippen LogP contribution in [0.3, 0.4) is 0 Å². The van der Waals surface area contributed by atoms with Crippen LogP contribution in [0.15, 0.2) is 24.3 Å². The summed E-state index contributed by atoms with van der Waals surface area (Å²) >= 11 is 0. The summed E-state index contributed by atoms with van der Waals surface area (Å²) in [5, 5.41) is 0. The molecule has 0 heterocycles. The van der Waals surface area contributed by atoms with E-state index in [2.05, 4.69) is 52.0 Å². The van der Waals surface area contributed by atoms with Gasteiger partial charge in [-0.15, -0.1) is 0 Å². The van der Waals surface area contributed by atoms with Gasteiger partial charge in [-0.1, -0.05) is 52.0 Å². The van der Waals surface area contributed by atoms with Crippen molar-refractivity contribution in [1.82, 2.24) is 0 Å². The van der Waals surface area contributed by atoms with Crippen LogP contribution in [0.2, 0.25) is 0 Å². The fraction of sp³-hybridized carbons (Fsp3) is 0.600. The largest absolute Gasteiger partial charge is 0.0620 e. The summed E-state index contributed by atoms with van der Waals surface area (Å²) in [6, 6.07) is 8.80. The van der Waals surface area contributed by atoms with Crippen LogP contribution in [-0.2, 0) is 12.8 Å². The fourth-order valence-corrected chi connectivity index (χ4v) is 1.68. The van der Waals surface area contributed by atoms with Gasteiger partial charge in [-0.3, -0.25) is 0 Å². The van der Waals surface area contributed by atoms with Crippen LogP contribution in [-0.4, -0.2) is 0 Å². The number of hydrogen-bond donors (Lipinski definition) is 0. The third-order valence-corrected chi connectivity index (χ3v) is 2.26. The second-order valence-electron chi connectivity index (χ2n) is 5.98. The van der Waals surface area contributed by atoms with E-state index in [-0.39, 0.29) is 0 Å². The summed E-state index contributed by atoms with van der Waals surface area (Å²) in [5.41, 5.74) is 3.66. The molecule has 0 atom stereocenters. The molecule has 1 aliphatic rings.